The van der Waals surface area contributed by atoms with Crippen LogP contribution in [0.5, 0.6) is 11.5 Å². The third kappa shape index (κ3) is 7.36. The summed E-state index contributed by atoms with van der Waals surface area (Å²) in [4.78, 5) is 62.3. The van der Waals surface area contributed by atoms with Gasteiger partial charge in [0.05, 0.1) is 22.4 Å². The highest BCUT2D eigenvalue weighted by atomic mass is 32.1. The molecule has 1 fully saturated rings. The number of aromatic nitrogens is 1. The Bertz CT molecular complexity index is 1950. The van der Waals surface area contributed by atoms with Crippen LogP contribution >= 0.6 is 11.3 Å². The highest BCUT2D eigenvalue weighted by Crippen LogP contribution is 2.46. The van der Waals surface area contributed by atoms with Crippen molar-refractivity contribution in [3.63, 3.8) is 0 Å². The van der Waals surface area contributed by atoms with Crippen molar-refractivity contribution in [2.24, 2.45) is 0 Å². The van der Waals surface area contributed by atoms with Crippen molar-refractivity contribution < 1.29 is 28.7 Å². The van der Waals surface area contributed by atoms with E-state index in [0.29, 0.717) is 63.2 Å². The second-order valence-corrected chi connectivity index (χ2v) is 14.0. The van der Waals surface area contributed by atoms with E-state index in [1.54, 1.807) is 56.0 Å². The maximum Gasteiger partial charge on any atom is 0.410 e. The minimum absolute atomic E-state index is 0.206. The molecular formula is C36H38N6O6S. The molecular weight excluding hydrogens is 644 g/mol. The Morgan fingerprint density at radius 3 is 2.61 bits per heavy atom. The van der Waals surface area contributed by atoms with E-state index >= 15 is 0 Å². The summed E-state index contributed by atoms with van der Waals surface area (Å²) >= 11 is 1.21. The van der Waals surface area contributed by atoms with Crippen LogP contribution in [0.25, 0.3) is 10.2 Å². The number of hydrogen-bond acceptors (Lipinski definition) is 8. The van der Waals surface area contributed by atoms with E-state index in [0.717, 1.165) is 5.56 Å². The lowest BCUT2D eigenvalue weighted by Crippen LogP contribution is -2.39. The molecule has 2 aromatic heterocycles. The lowest BCUT2D eigenvalue weighted by atomic mass is 10.1. The monoisotopic (exact) mass is 682 g/mol. The van der Waals surface area contributed by atoms with Crippen molar-refractivity contribution in [3.8, 4) is 11.5 Å². The molecule has 5 amide bonds. The number of rotatable bonds is 8. The minimum Gasteiger partial charge on any atom is -0.457 e. The Morgan fingerprint density at radius 1 is 1.10 bits per heavy atom. The van der Waals surface area contributed by atoms with Gasteiger partial charge in [-0.1, -0.05) is 24.3 Å². The maximum absolute atomic E-state index is 13.6. The van der Waals surface area contributed by atoms with Crippen LogP contribution in [-0.2, 0) is 9.53 Å². The molecule has 0 unspecified atom stereocenters. The summed E-state index contributed by atoms with van der Waals surface area (Å²) in [6.45, 7) is 8.32. The molecule has 0 spiro atoms. The lowest BCUT2D eigenvalue weighted by molar-refractivity contribution is -0.125. The third-order valence-corrected chi connectivity index (χ3v) is 9.12. The van der Waals surface area contributed by atoms with Gasteiger partial charge in [-0.15, -0.1) is 11.3 Å². The van der Waals surface area contributed by atoms with E-state index in [-0.39, 0.29) is 24.4 Å². The molecule has 254 valence electrons. The number of pyridine rings is 1. The molecule has 4 aromatic rings. The number of amides is 5. The van der Waals surface area contributed by atoms with Crippen molar-refractivity contribution in [2.75, 3.05) is 36.9 Å². The van der Waals surface area contributed by atoms with Crippen LogP contribution in [0.2, 0.25) is 0 Å². The number of anilines is 3. The fraction of sp³-hybridized carbons (Fsp3) is 0.306. The van der Waals surface area contributed by atoms with Crippen LogP contribution in [-0.4, -0.2) is 77.0 Å². The molecule has 1 atom stereocenters. The Hall–Kier alpha value is -5.43. The Morgan fingerprint density at radius 2 is 1.88 bits per heavy atom. The van der Waals surface area contributed by atoms with Gasteiger partial charge in [0.1, 0.15) is 26.8 Å². The second-order valence-electron chi connectivity index (χ2n) is 13.0. The van der Waals surface area contributed by atoms with Gasteiger partial charge in [-0.25, -0.2) is 14.6 Å². The van der Waals surface area contributed by atoms with Gasteiger partial charge >= 0.3 is 12.1 Å². The van der Waals surface area contributed by atoms with Crippen molar-refractivity contribution >= 4 is 62.6 Å². The fourth-order valence-corrected chi connectivity index (χ4v) is 6.73. The molecule has 2 aliphatic rings. The number of urea groups is 1. The summed E-state index contributed by atoms with van der Waals surface area (Å²) < 4.78 is 11.3. The molecule has 6 rings (SSSR count). The first-order valence-corrected chi connectivity index (χ1v) is 16.8. The van der Waals surface area contributed by atoms with E-state index in [2.05, 4.69) is 15.6 Å². The van der Waals surface area contributed by atoms with Gasteiger partial charge in [0, 0.05) is 45.0 Å². The summed E-state index contributed by atoms with van der Waals surface area (Å²) in [7, 11) is 1.60. The molecule has 49 heavy (non-hydrogen) atoms. The number of thiophene rings is 1. The molecule has 1 saturated heterocycles. The zero-order valence-electron chi connectivity index (χ0n) is 28.0. The highest BCUT2D eigenvalue weighted by Gasteiger charge is 2.35. The van der Waals surface area contributed by atoms with Crippen LogP contribution in [0.4, 0.5) is 26.7 Å². The van der Waals surface area contributed by atoms with Crippen LogP contribution in [0, 0.1) is 6.92 Å². The topological polar surface area (TPSA) is 133 Å². The molecule has 0 saturated carbocycles. The van der Waals surface area contributed by atoms with E-state index in [1.807, 2.05) is 55.5 Å². The van der Waals surface area contributed by atoms with Gasteiger partial charge in [-0.3, -0.25) is 14.5 Å². The zero-order valence-corrected chi connectivity index (χ0v) is 28.8. The molecule has 13 heteroatoms. The van der Waals surface area contributed by atoms with Crippen molar-refractivity contribution in [3.05, 3.63) is 83.4 Å². The molecule has 2 aliphatic heterocycles. The summed E-state index contributed by atoms with van der Waals surface area (Å²) in [6.07, 6.45) is 4.79. The smallest absolute Gasteiger partial charge is 0.410 e. The number of nitrogens with zero attached hydrogens (tertiary/aromatic N) is 4. The number of likely N-dealkylation sites (N-methyl/N-ethyl adjacent to an activating group) is 1. The molecule has 12 nitrogen and oxygen atoms in total. The van der Waals surface area contributed by atoms with Crippen LogP contribution in [0.1, 0.15) is 42.4 Å². The standard InChI is InChI=1S/C36H38N6O6S/c1-22-20-25(47-24-10-7-6-8-11-24)13-14-26(22)42-27-15-17-37-33-29(27)30(39-34(42)45)31(49-33)32(44)38-23-16-19-41(21-23)28(43)12-9-18-40(5)35(46)48-36(2,3)4/h6-15,17,20,23H,16,18-19,21H2,1-5H3,(H,38,44)(H,39,45)/b12-9+/t23-/m1/s1. The molecule has 4 heterocycles. The maximum atomic E-state index is 13.6. The normalized spacial score (nSPS) is 15.8. The third-order valence-electron chi connectivity index (χ3n) is 8.02. The largest absolute Gasteiger partial charge is 0.457 e. The number of carbonyl (C=O) groups excluding carboxylic acids is 4. The highest BCUT2D eigenvalue weighted by molar-refractivity contribution is 7.21. The first-order valence-electron chi connectivity index (χ1n) is 15.9. The molecule has 2 N–H and O–H groups in total. The predicted octanol–water partition coefficient (Wildman–Crippen LogP) is 6.83. The summed E-state index contributed by atoms with van der Waals surface area (Å²) in [5.74, 6) is 0.810. The van der Waals surface area contributed by atoms with Gasteiger partial charge in [0.15, 0.2) is 0 Å². The summed E-state index contributed by atoms with van der Waals surface area (Å²) in [5.41, 5.74) is 1.95. The van der Waals surface area contributed by atoms with Crippen molar-refractivity contribution in [1.82, 2.24) is 20.1 Å². The SMILES string of the molecule is Cc1cc(Oc2ccccc2)ccc1N1C(=O)Nc2c(C(=O)N[C@@H]3CCN(C(=O)/C=C/CN(C)C(=O)OC(C)(C)C)C3)sc3nccc1c23. The van der Waals surface area contributed by atoms with Gasteiger partial charge in [0.2, 0.25) is 5.91 Å². The van der Waals surface area contributed by atoms with E-state index in [9.17, 15) is 19.2 Å². The van der Waals surface area contributed by atoms with Gasteiger partial charge < -0.3 is 29.9 Å². The number of likely N-dealkylation sites (tertiary alicyclic amines) is 1. The van der Waals surface area contributed by atoms with Crippen LogP contribution < -0.4 is 20.3 Å². The first kappa shape index (κ1) is 33.5. The molecule has 2 aromatic carbocycles. The van der Waals surface area contributed by atoms with Crippen LogP contribution in [0.3, 0.4) is 0 Å². The minimum atomic E-state index is -0.608. The lowest BCUT2D eigenvalue weighted by Gasteiger charge is -2.29. The molecule has 0 aliphatic carbocycles. The summed E-state index contributed by atoms with van der Waals surface area (Å²) in [6, 6.07) is 16.1. The quantitative estimate of drug-likeness (QED) is 0.195. The average molecular weight is 683 g/mol. The molecule has 0 radical (unpaired) electrons. The second kappa shape index (κ2) is 13.6. The fourth-order valence-electron chi connectivity index (χ4n) is 5.71. The zero-order chi connectivity index (χ0) is 34.9. The number of nitrogens with one attached hydrogen (secondary N) is 2. The first-order chi connectivity index (χ1) is 23.4. The summed E-state index contributed by atoms with van der Waals surface area (Å²) in [5, 5.41) is 6.67. The number of carbonyl (C=O) groups is 4. The number of ether oxygens (including phenoxy) is 2. The number of benzene rings is 2. The number of hydrogen-bond donors (Lipinski definition) is 2. The predicted molar refractivity (Wildman–Crippen MR) is 189 cm³/mol. The average Bonchev–Trinajstić information content (AvgIpc) is 3.67. The van der Waals surface area contributed by atoms with Gasteiger partial charge in [-0.2, -0.15) is 0 Å². The van der Waals surface area contributed by atoms with E-state index in [1.165, 1.54) is 22.3 Å². The van der Waals surface area contributed by atoms with Crippen LogP contribution in [0.15, 0.2) is 72.9 Å². The Balaban J connectivity index is 1.12. The Kier molecular flexibility index (Phi) is 9.28. The van der Waals surface area contributed by atoms with Crippen molar-refractivity contribution in [2.45, 2.75) is 45.8 Å². The number of para-hydroxylation sites is 1. The van der Waals surface area contributed by atoms with E-state index < -0.39 is 17.7 Å². The van der Waals surface area contributed by atoms with Gasteiger partial charge in [0.25, 0.3) is 5.91 Å². The Labute approximate surface area is 288 Å². The number of aryl methyl sites for hydroxylation is 1. The van der Waals surface area contributed by atoms with E-state index in [4.69, 9.17) is 9.47 Å². The van der Waals surface area contributed by atoms with Gasteiger partial charge in [-0.05, 0) is 76.1 Å². The van der Waals surface area contributed by atoms with Crippen molar-refractivity contribution in [1.29, 1.82) is 0 Å². The molecule has 0 bridgehead atoms.